The summed E-state index contributed by atoms with van der Waals surface area (Å²) in [6.07, 6.45) is -8.00. The van der Waals surface area contributed by atoms with Crippen LogP contribution in [0.15, 0.2) is 24.5 Å². The Morgan fingerprint density at radius 1 is 1.00 bits per heavy atom. The predicted octanol–water partition coefficient (Wildman–Crippen LogP) is 4.81. The normalized spacial score (nSPS) is 13.4. The number of anilines is 3. The Hall–Kier alpha value is -3.09. The van der Waals surface area contributed by atoms with E-state index in [9.17, 15) is 31.4 Å². The first kappa shape index (κ1) is 23.6. The summed E-state index contributed by atoms with van der Waals surface area (Å²) in [7, 11) is 0. The van der Waals surface area contributed by atoms with Gasteiger partial charge in [0.1, 0.15) is 0 Å². The molecule has 0 radical (unpaired) electrons. The van der Waals surface area contributed by atoms with E-state index in [0.717, 1.165) is 0 Å². The maximum Gasteiger partial charge on any atom is 0.416 e. The molecule has 0 unspecified atom stereocenters. The zero-order chi connectivity index (χ0) is 23.7. The van der Waals surface area contributed by atoms with Crippen molar-refractivity contribution in [2.75, 3.05) is 17.2 Å². The highest BCUT2D eigenvalue weighted by Gasteiger charge is 2.37. The van der Waals surface area contributed by atoms with Gasteiger partial charge in [-0.1, -0.05) is 6.92 Å². The SMILES string of the molecule is CC[C@H](CO)Nc1nc(Nc2cc(C(F)(F)F)cc(C(F)(F)F)c2)c2ncn(CC)c2n1. The molecule has 1 aromatic carbocycles. The summed E-state index contributed by atoms with van der Waals surface area (Å²) in [5.74, 6) is -0.0379. The van der Waals surface area contributed by atoms with Gasteiger partial charge in [-0.15, -0.1) is 0 Å². The van der Waals surface area contributed by atoms with Gasteiger partial charge in [0.15, 0.2) is 17.0 Å². The number of imidazole rings is 1. The fourth-order valence-electron chi connectivity index (χ4n) is 2.95. The summed E-state index contributed by atoms with van der Waals surface area (Å²) in [6.45, 7) is 3.86. The highest BCUT2D eigenvalue weighted by molar-refractivity contribution is 5.86. The van der Waals surface area contributed by atoms with Gasteiger partial charge in [0.25, 0.3) is 0 Å². The Bertz CT molecular complexity index is 1060. The largest absolute Gasteiger partial charge is 0.416 e. The number of hydrogen-bond donors (Lipinski definition) is 3. The lowest BCUT2D eigenvalue weighted by Gasteiger charge is -2.17. The minimum absolute atomic E-state index is 0.0409. The fourth-order valence-corrected chi connectivity index (χ4v) is 2.95. The van der Waals surface area contributed by atoms with Crippen molar-refractivity contribution in [1.29, 1.82) is 0 Å². The smallest absolute Gasteiger partial charge is 0.394 e. The Kier molecular flexibility index (Phi) is 6.49. The Balaban J connectivity index is 2.12. The van der Waals surface area contributed by atoms with Crippen molar-refractivity contribution >= 4 is 28.6 Å². The number of halogens is 6. The topological polar surface area (TPSA) is 87.9 Å². The highest BCUT2D eigenvalue weighted by Crippen LogP contribution is 2.38. The molecule has 0 aliphatic carbocycles. The number of rotatable bonds is 7. The molecule has 3 rings (SSSR count). The van der Waals surface area contributed by atoms with Crippen molar-refractivity contribution in [3.05, 3.63) is 35.7 Å². The standard InChI is InChI=1S/C19H20F6N6O/c1-3-12(8-32)28-17-29-15(14-16(30-17)31(4-2)9-26-14)27-13-6-10(18(20,21)22)5-11(7-13)19(23,24)25/h5-7,9,12,32H,3-4,8H2,1-2H3,(H2,27,28,29,30)/t12-/m1/s1. The van der Waals surface area contributed by atoms with Crippen LogP contribution in [0.4, 0.5) is 43.8 Å². The number of benzene rings is 1. The number of aromatic nitrogens is 4. The third-order valence-corrected chi connectivity index (χ3v) is 4.70. The van der Waals surface area contributed by atoms with Gasteiger partial charge in [0.05, 0.1) is 30.1 Å². The molecule has 0 saturated heterocycles. The zero-order valence-corrected chi connectivity index (χ0v) is 17.0. The van der Waals surface area contributed by atoms with E-state index in [1.54, 1.807) is 4.57 Å². The molecule has 1 atom stereocenters. The first-order valence-corrected chi connectivity index (χ1v) is 9.63. The average Bonchev–Trinajstić information content (AvgIpc) is 3.13. The Labute approximate surface area is 178 Å². The lowest BCUT2D eigenvalue weighted by atomic mass is 10.1. The van der Waals surface area contributed by atoms with Crippen molar-refractivity contribution in [1.82, 2.24) is 19.5 Å². The second-order valence-corrected chi connectivity index (χ2v) is 6.95. The van der Waals surface area contributed by atoms with Gasteiger partial charge < -0.3 is 20.3 Å². The van der Waals surface area contributed by atoms with Crippen LogP contribution in [0, 0.1) is 0 Å². The van der Waals surface area contributed by atoms with Crippen LogP contribution in [0.5, 0.6) is 0 Å². The van der Waals surface area contributed by atoms with Crippen molar-refractivity contribution in [3.8, 4) is 0 Å². The monoisotopic (exact) mass is 462 g/mol. The molecule has 13 heteroatoms. The molecule has 0 saturated carbocycles. The second kappa shape index (κ2) is 8.81. The maximum absolute atomic E-state index is 13.2. The number of aliphatic hydroxyl groups is 1. The van der Waals surface area contributed by atoms with E-state index in [1.807, 2.05) is 13.8 Å². The van der Waals surface area contributed by atoms with E-state index in [4.69, 9.17) is 0 Å². The molecule has 174 valence electrons. The average molecular weight is 462 g/mol. The third-order valence-electron chi connectivity index (χ3n) is 4.70. The van der Waals surface area contributed by atoms with Crippen LogP contribution >= 0.6 is 0 Å². The molecule has 0 aliphatic rings. The van der Waals surface area contributed by atoms with Crippen LogP contribution < -0.4 is 10.6 Å². The number of nitrogens with one attached hydrogen (secondary N) is 2. The lowest BCUT2D eigenvalue weighted by Crippen LogP contribution is -2.24. The van der Waals surface area contributed by atoms with E-state index in [-0.39, 0.29) is 30.0 Å². The Morgan fingerprint density at radius 2 is 1.62 bits per heavy atom. The van der Waals surface area contributed by atoms with E-state index >= 15 is 0 Å². The molecule has 3 aromatic rings. The Morgan fingerprint density at radius 3 is 2.12 bits per heavy atom. The highest BCUT2D eigenvalue weighted by atomic mass is 19.4. The van der Waals surface area contributed by atoms with Gasteiger partial charge in [0.2, 0.25) is 5.95 Å². The molecular formula is C19H20F6N6O. The molecule has 0 fully saturated rings. The summed E-state index contributed by atoms with van der Waals surface area (Å²) in [5, 5.41) is 14.8. The summed E-state index contributed by atoms with van der Waals surface area (Å²) in [4.78, 5) is 12.6. The van der Waals surface area contributed by atoms with Crippen molar-refractivity contribution in [3.63, 3.8) is 0 Å². The van der Waals surface area contributed by atoms with Crippen LogP contribution in [0.3, 0.4) is 0 Å². The van der Waals surface area contributed by atoms with E-state index < -0.39 is 35.2 Å². The van der Waals surface area contributed by atoms with Crippen LogP contribution in [0.2, 0.25) is 0 Å². The van der Waals surface area contributed by atoms with Gasteiger partial charge in [-0.25, -0.2) is 4.98 Å². The van der Waals surface area contributed by atoms with E-state index in [0.29, 0.717) is 30.7 Å². The number of alkyl halides is 6. The van der Waals surface area contributed by atoms with Crippen LogP contribution in [0.1, 0.15) is 31.4 Å². The van der Waals surface area contributed by atoms with Gasteiger partial charge >= 0.3 is 12.4 Å². The summed E-state index contributed by atoms with van der Waals surface area (Å²) >= 11 is 0. The molecule has 2 aromatic heterocycles. The van der Waals surface area contributed by atoms with E-state index in [1.165, 1.54) is 6.33 Å². The zero-order valence-electron chi connectivity index (χ0n) is 17.0. The maximum atomic E-state index is 13.2. The number of nitrogens with zero attached hydrogens (tertiary/aromatic N) is 4. The molecule has 0 aliphatic heterocycles. The number of aliphatic hydroxyl groups excluding tert-OH is 1. The van der Waals surface area contributed by atoms with Gasteiger partial charge in [-0.2, -0.15) is 36.3 Å². The number of hydrogen-bond acceptors (Lipinski definition) is 6. The first-order valence-electron chi connectivity index (χ1n) is 9.63. The lowest BCUT2D eigenvalue weighted by molar-refractivity contribution is -0.143. The number of aryl methyl sites for hydroxylation is 1. The van der Waals surface area contributed by atoms with Gasteiger partial charge in [-0.3, -0.25) is 0 Å². The van der Waals surface area contributed by atoms with Crippen LogP contribution in [-0.2, 0) is 18.9 Å². The molecule has 2 heterocycles. The molecule has 0 spiro atoms. The summed E-state index contributed by atoms with van der Waals surface area (Å²) in [5.41, 5.74) is -2.88. The molecule has 7 nitrogen and oxygen atoms in total. The number of fused-ring (bicyclic) bond motifs is 1. The summed E-state index contributed by atoms with van der Waals surface area (Å²) in [6, 6.07) is 0.779. The molecule has 0 amide bonds. The van der Waals surface area contributed by atoms with Gasteiger partial charge in [0, 0.05) is 12.2 Å². The van der Waals surface area contributed by atoms with E-state index in [2.05, 4.69) is 25.6 Å². The third kappa shape index (κ3) is 5.03. The first-order chi connectivity index (χ1) is 15.0. The van der Waals surface area contributed by atoms with Crippen molar-refractivity contribution in [2.45, 2.75) is 45.2 Å². The molecule has 3 N–H and O–H groups in total. The quantitative estimate of drug-likeness (QED) is 0.437. The minimum Gasteiger partial charge on any atom is -0.394 e. The molecular weight excluding hydrogens is 442 g/mol. The fraction of sp³-hybridized carbons (Fsp3) is 0.421. The summed E-state index contributed by atoms with van der Waals surface area (Å²) < 4.78 is 80.8. The second-order valence-electron chi connectivity index (χ2n) is 6.95. The van der Waals surface area contributed by atoms with Crippen LogP contribution in [-0.4, -0.2) is 37.3 Å². The van der Waals surface area contributed by atoms with Crippen molar-refractivity contribution < 1.29 is 31.4 Å². The van der Waals surface area contributed by atoms with Gasteiger partial charge in [-0.05, 0) is 31.5 Å². The van der Waals surface area contributed by atoms with Crippen LogP contribution in [0.25, 0.3) is 11.2 Å². The minimum atomic E-state index is -4.98. The van der Waals surface area contributed by atoms with Crippen molar-refractivity contribution in [2.24, 2.45) is 0 Å². The molecule has 0 bridgehead atoms. The molecule has 32 heavy (non-hydrogen) atoms. The predicted molar refractivity (Wildman–Crippen MR) is 106 cm³/mol.